The average molecular weight is 517 g/mol. The second kappa shape index (κ2) is 12.2. The van der Waals surface area contributed by atoms with Crippen molar-refractivity contribution in [2.45, 2.75) is 65.4 Å². The Hall–Kier alpha value is -1.79. The predicted molar refractivity (Wildman–Crippen MR) is 151 cm³/mol. The molecule has 2 aromatic carbocycles. The molecule has 0 aliphatic carbocycles. The molecule has 1 fully saturated rings. The second-order valence-corrected chi connectivity index (χ2v) is 12.4. The minimum absolute atomic E-state index is 0.0108. The molecule has 0 unspecified atom stereocenters. The number of nitrogens with zero attached hydrogens (tertiary/aromatic N) is 2. The van der Waals surface area contributed by atoms with Crippen molar-refractivity contribution in [3.8, 4) is 5.75 Å². The molecule has 1 N–H and O–H groups in total. The van der Waals surface area contributed by atoms with Gasteiger partial charge in [-0.2, -0.15) is 0 Å². The molecule has 0 saturated carbocycles. The fourth-order valence-corrected chi connectivity index (χ4v) is 4.75. The molecule has 3 rings (SSSR count). The van der Waals surface area contributed by atoms with Crippen LogP contribution >= 0.6 is 11.6 Å². The lowest BCUT2D eigenvalue weighted by molar-refractivity contribution is 0.00704. The van der Waals surface area contributed by atoms with Crippen LogP contribution in [0.25, 0.3) is 0 Å². The standard InChI is InChI=1S/C30H45ClN2O3/c1-22-8-10-24(31)19-27(22)33-14-12-32(13-15-33)20-25(34)21-35-16-17-36-28-11-9-23(29(2,3)4)18-26(28)30(5,6)7/h8-11,18-19,25,34H,12-17,20-21H2,1-7H3/t25-/m1/s1. The molecule has 0 spiro atoms. The van der Waals surface area contributed by atoms with Crippen LogP contribution in [0.15, 0.2) is 36.4 Å². The highest BCUT2D eigenvalue weighted by atomic mass is 35.5. The molecule has 0 aromatic heterocycles. The van der Waals surface area contributed by atoms with E-state index in [2.05, 4.69) is 82.5 Å². The molecule has 1 aliphatic heterocycles. The highest BCUT2D eigenvalue weighted by molar-refractivity contribution is 6.30. The molecule has 1 saturated heterocycles. The SMILES string of the molecule is Cc1ccc(Cl)cc1N1CCN(C[C@@H](O)COCCOc2ccc(C(C)(C)C)cc2C(C)(C)C)CC1. The summed E-state index contributed by atoms with van der Waals surface area (Å²) >= 11 is 6.20. The summed E-state index contributed by atoms with van der Waals surface area (Å²) in [4.78, 5) is 4.67. The molecule has 1 aliphatic rings. The Labute approximate surface area is 223 Å². The van der Waals surface area contributed by atoms with E-state index in [4.69, 9.17) is 21.1 Å². The molecule has 0 radical (unpaired) electrons. The van der Waals surface area contributed by atoms with Crippen molar-refractivity contribution < 1.29 is 14.6 Å². The van der Waals surface area contributed by atoms with Crippen LogP contribution in [0.3, 0.4) is 0 Å². The van der Waals surface area contributed by atoms with Crippen molar-refractivity contribution in [1.82, 2.24) is 4.90 Å². The van der Waals surface area contributed by atoms with Gasteiger partial charge in [0.25, 0.3) is 0 Å². The van der Waals surface area contributed by atoms with Crippen molar-refractivity contribution >= 4 is 17.3 Å². The first-order valence-corrected chi connectivity index (χ1v) is 13.5. The van der Waals surface area contributed by atoms with E-state index in [0.29, 0.717) is 26.4 Å². The Morgan fingerprint density at radius 1 is 0.917 bits per heavy atom. The van der Waals surface area contributed by atoms with Gasteiger partial charge in [0.15, 0.2) is 0 Å². The zero-order valence-electron chi connectivity index (χ0n) is 23.2. The van der Waals surface area contributed by atoms with Gasteiger partial charge in [0, 0.05) is 43.4 Å². The molecule has 1 atom stereocenters. The smallest absolute Gasteiger partial charge is 0.123 e. The molecule has 6 heteroatoms. The van der Waals surface area contributed by atoms with Crippen molar-refractivity contribution in [2.75, 3.05) is 57.4 Å². The maximum Gasteiger partial charge on any atom is 0.123 e. The van der Waals surface area contributed by atoms with Crippen LogP contribution in [-0.4, -0.2) is 68.7 Å². The maximum absolute atomic E-state index is 10.5. The third kappa shape index (κ3) is 8.11. The number of hydrogen-bond acceptors (Lipinski definition) is 5. The summed E-state index contributed by atoms with van der Waals surface area (Å²) in [7, 11) is 0. The van der Waals surface area contributed by atoms with Gasteiger partial charge in [-0.15, -0.1) is 0 Å². The van der Waals surface area contributed by atoms with Crippen molar-refractivity contribution in [3.63, 3.8) is 0 Å². The number of aryl methyl sites for hydroxylation is 1. The summed E-state index contributed by atoms with van der Waals surface area (Å²) in [6.45, 7) is 21.0. The largest absolute Gasteiger partial charge is 0.491 e. The van der Waals surface area contributed by atoms with Gasteiger partial charge >= 0.3 is 0 Å². The minimum atomic E-state index is -0.513. The van der Waals surface area contributed by atoms with Crippen LogP contribution in [0.4, 0.5) is 5.69 Å². The van der Waals surface area contributed by atoms with Gasteiger partial charge in [0.1, 0.15) is 12.4 Å². The zero-order chi connectivity index (χ0) is 26.5. The topological polar surface area (TPSA) is 45.2 Å². The van der Waals surface area contributed by atoms with Crippen LogP contribution in [0.1, 0.15) is 58.2 Å². The normalized spacial score (nSPS) is 16.3. The number of anilines is 1. The summed E-state index contributed by atoms with van der Waals surface area (Å²) < 4.78 is 11.9. The van der Waals surface area contributed by atoms with E-state index in [0.717, 1.165) is 37.0 Å². The summed E-state index contributed by atoms with van der Waals surface area (Å²) in [5.41, 5.74) is 5.05. The fraction of sp³-hybridized carbons (Fsp3) is 0.600. The molecular weight excluding hydrogens is 472 g/mol. The van der Waals surface area contributed by atoms with Gasteiger partial charge < -0.3 is 19.5 Å². The third-order valence-electron chi connectivity index (χ3n) is 6.80. The highest BCUT2D eigenvalue weighted by Gasteiger charge is 2.23. The van der Waals surface area contributed by atoms with Gasteiger partial charge in [-0.1, -0.05) is 71.3 Å². The summed E-state index contributed by atoms with van der Waals surface area (Å²) in [6.07, 6.45) is -0.513. The van der Waals surface area contributed by atoms with Crippen molar-refractivity contribution in [3.05, 3.63) is 58.1 Å². The number of piperazine rings is 1. The first-order chi connectivity index (χ1) is 16.8. The first kappa shape index (κ1) is 28.8. The van der Waals surface area contributed by atoms with Crippen LogP contribution in [0.2, 0.25) is 5.02 Å². The lowest BCUT2D eigenvalue weighted by Crippen LogP contribution is -2.49. The number of halogens is 1. The number of β-amino-alcohol motifs (C(OH)–C–C–N with tert-alkyl or cyclic N) is 1. The number of rotatable bonds is 9. The van der Waals surface area contributed by atoms with E-state index in [1.807, 2.05) is 12.1 Å². The van der Waals surface area contributed by atoms with Gasteiger partial charge in [0.2, 0.25) is 0 Å². The van der Waals surface area contributed by atoms with E-state index in [9.17, 15) is 5.11 Å². The Morgan fingerprint density at radius 3 is 2.25 bits per heavy atom. The van der Waals surface area contributed by atoms with Crippen LogP contribution in [-0.2, 0) is 15.6 Å². The van der Waals surface area contributed by atoms with Crippen molar-refractivity contribution in [1.29, 1.82) is 0 Å². The quantitative estimate of drug-likeness (QED) is 0.425. The molecule has 5 nitrogen and oxygen atoms in total. The third-order valence-corrected chi connectivity index (χ3v) is 7.04. The van der Waals surface area contributed by atoms with E-state index in [-0.39, 0.29) is 10.8 Å². The van der Waals surface area contributed by atoms with E-state index in [1.54, 1.807) is 0 Å². The molecular formula is C30H45ClN2O3. The minimum Gasteiger partial charge on any atom is -0.491 e. The van der Waals surface area contributed by atoms with Crippen LogP contribution < -0.4 is 9.64 Å². The molecule has 1 heterocycles. The first-order valence-electron chi connectivity index (χ1n) is 13.1. The molecule has 200 valence electrons. The number of aliphatic hydroxyl groups excluding tert-OH is 1. The van der Waals surface area contributed by atoms with Gasteiger partial charge in [-0.05, 0) is 52.6 Å². The average Bonchev–Trinajstić information content (AvgIpc) is 2.80. The Balaban J connectivity index is 1.40. The molecule has 0 bridgehead atoms. The van der Waals surface area contributed by atoms with Gasteiger partial charge in [-0.3, -0.25) is 4.90 Å². The van der Waals surface area contributed by atoms with E-state index in [1.165, 1.54) is 22.4 Å². The number of aliphatic hydroxyl groups is 1. The van der Waals surface area contributed by atoms with Crippen LogP contribution in [0.5, 0.6) is 5.75 Å². The van der Waals surface area contributed by atoms with E-state index >= 15 is 0 Å². The monoisotopic (exact) mass is 516 g/mol. The molecule has 0 amide bonds. The Morgan fingerprint density at radius 2 is 1.61 bits per heavy atom. The summed E-state index contributed by atoms with van der Waals surface area (Å²) in [6, 6.07) is 12.6. The molecule has 2 aromatic rings. The van der Waals surface area contributed by atoms with Gasteiger partial charge in [0.05, 0.1) is 19.3 Å². The lowest BCUT2D eigenvalue weighted by Gasteiger charge is -2.37. The lowest BCUT2D eigenvalue weighted by atomic mass is 9.80. The second-order valence-electron chi connectivity index (χ2n) is 12.0. The Kier molecular flexibility index (Phi) is 9.73. The summed E-state index contributed by atoms with van der Waals surface area (Å²) in [5, 5.41) is 11.3. The predicted octanol–water partition coefficient (Wildman–Crippen LogP) is 5.82. The highest BCUT2D eigenvalue weighted by Crippen LogP contribution is 2.35. The maximum atomic E-state index is 10.5. The zero-order valence-corrected chi connectivity index (χ0v) is 24.0. The number of ether oxygens (including phenoxy) is 2. The summed E-state index contributed by atoms with van der Waals surface area (Å²) in [5.74, 6) is 0.910. The Bertz CT molecular complexity index is 989. The number of benzene rings is 2. The van der Waals surface area contributed by atoms with Crippen molar-refractivity contribution in [2.24, 2.45) is 0 Å². The molecule has 36 heavy (non-hydrogen) atoms. The van der Waals surface area contributed by atoms with Gasteiger partial charge in [-0.25, -0.2) is 0 Å². The van der Waals surface area contributed by atoms with E-state index < -0.39 is 6.10 Å². The fourth-order valence-electron chi connectivity index (χ4n) is 4.58. The van der Waals surface area contributed by atoms with Crippen LogP contribution in [0, 0.1) is 6.92 Å². The number of hydrogen-bond donors (Lipinski definition) is 1.